The molecule has 0 heterocycles. The summed E-state index contributed by atoms with van der Waals surface area (Å²) >= 11 is 0. The summed E-state index contributed by atoms with van der Waals surface area (Å²) in [6.07, 6.45) is 0.824. The van der Waals surface area contributed by atoms with Crippen molar-refractivity contribution in [2.24, 2.45) is 0 Å². The fraction of sp³-hybridized carbons (Fsp3) is 0.562. The van der Waals surface area contributed by atoms with Crippen molar-refractivity contribution in [1.82, 2.24) is 5.32 Å². The zero-order valence-electron chi connectivity index (χ0n) is 13.3. The van der Waals surface area contributed by atoms with Crippen molar-refractivity contribution >= 4 is 5.91 Å². The maximum atomic E-state index is 10.8. The smallest absolute Gasteiger partial charge is 0.245 e. The molecular weight excluding hydrogens is 270 g/mol. The molecule has 0 fully saturated rings. The number of hydrogen-bond donors (Lipinski definition) is 1. The van der Waals surface area contributed by atoms with E-state index in [1.165, 1.54) is 0 Å². The Kier molecular flexibility index (Phi) is 13.7. The van der Waals surface area contributed by atoms with Crippen LogP contribution < -0.4 is 10.1 Å². The first kappa shape index (κ1) is 19.4. The molecule has 0 aliphatic carbocycles. The fourth-order valence-corrected chi connectivity index (χ4v) is 1.32. The Bertz CT molecular complexity index is 343. The number of hydrogen-bond acceptors (Lipinski definition) is 4. The van der Waals surface area contributed by atoms with Gasteiger partial charge in [-0.15, -0.1) is 0 Å². The van der Waals surface area contributed by atoms with Gasteiger partial charge in [0.2, 0.25) is 5.91 Å². The van der Waals surface area contributed by atoms with Gasteiger partial charge in [0.25, 0.3) is 0 Å². The summed E-state index contributed by atoms with van der Waals surface area (Å²) in [7, 11) is 1.58. The molecule has 1 rings (SSSR count). The minimum atomic E-state index is -0.128. The molecule has 0 aliphatic rings. The van der Waals surface area contributed by atoms with E-state index in [9.17, 15) is 4.79 Å². The molecule has 5 heteroatoms. The van der Waals surface area contributed by atoms with Gasteiger partial charge in [-0.2, -0.15) is 0 Å². The number of nitrogens with one attached hydrogen (secondary N) is 1. The lowest BCUT2D eigenvalue weighted by Crippen LogP contribution is -2.24. The Morgan fingerprint density at radius 1 is 1.00 bits per heavy atom. The molecule has 1 N–H and O–H groups in total. The Hall–Kier alpha value is -1.59. The van der Waals surface area contributed by atoms with Gasteiger partial charge < -0.3 is 19.5 Å². The van der Waals surface area contributed by atoms with Crippen LogP contribution in [0.5, 0.6) is 5.75 Å². The monoisotopic (exact) mass is 297 g/mol. The van der Waals surface area contributed by atoms with Crippen molar-refractivity contribution in [3.63, 3.8) is 0 Å². The average Bonchev–Trinajstić information content (AvgIpc) is 2.56. The zero-order chi connectivity index (χ0) is 15.8. The molecule has 0 saturated heterocycles. The second-order valence-electron chi connectivity index (χ2n) is 3.85. The number of carbonyl (C=O) groups is 1. The van der Waals surface area contributed by atoms with Gasteiger partial charge in [0, 0.05) is 20.1 Å². The Labute approximate surface area is 127 Å². The lowest BCUT2D eigenvalue weighted by atomic mass is 10.3. The van der Waals surface area contributed by atoms with Crippen molar-refractivity contribution in [3.8, 4) is 5.75 Å². The van der Waals surface area contributed by atoms with E-state index in [4.69, 9.17) is 14.2 Å². The fourth-order valence-electron chi connectivity index (χ4n) is 1.32. The van der Waals surface area contributed by atoms with Gasteiger partial charge in [-0.05, 0) is 12.1 Å². The number of para-hydroxylation sites is 1. The van der Waals surface area contributed by atoms with Gasteiger partial charge in [-0.25, -0.2) is 0 Å². The first-order chi connectivity index (χ1) is 10.3. The molecule has 5 nitrogen and oxygen atoms in total. The number of carbonyl (C=O) groups excluding carboxylic acids is 1. The summed E-state index contributed by atoms with van der Waals surface area (Å²) in [5.74, 6) is 0.743. The van der Waals surface area contributed by atoms with E-state index in [1.807, 2.05) is 44.2 Å². The van der Waals surface area contributed by atoms with Crippen molar-refractivity contribution in [2.45, 2.75) is 20.3 Å². The van der Waals surface area contributed by atoms with Crippen molar-refractivity contribution in [1.29, 1.82) is 0 Å². The molecule has 0 saturated carbocycles. The Balaban J connectivity index is 0.00000191. The third kappa shape index (κ3) is 11.9. The largest absolute Gasteiger partial charge is 0.494 e. The highest BCUT2D eigenvalue weighted by molar-refractivity contribution is 5.76. The molecule has 0 aliphatic heterocycles. The third-order valence-electron chi connectivity index (χ3n) is 2.33. The molecule has 0 aromatic heterocycles. The van der Waals surface area contributed by atoms with Crippen LogP contribution in [0.1, 0.15) is 20.3 Å². The van der Waals surface area contributed by atoms with Gasteiger partial charge in [0.1, 0.15) is 12.4 Å². The van der Waals surface area contributed by atoms with Crippen molar-refractivity contribution in [3.05, 3.63) is 30.3 Å². The van der Waals surface area contributed by atoms with E-state index in [0.717, 1.165) is 12.2 Å². The summed E-state index contributed by atoms with van der Waals surface area (Å²) in [6.45, 7) is 6.24. The van der Waals surface area contributed by atoms with Crippen LogP contribution in [-0.4, -0.2) is 46.0 Å². The van der Waals surface area contributed by atoms with E-state index >= 15 is 0 Å². The highest BCUT2D eigenvalue weighted by Crippen LogP contribution is 2.08. The molecular formula is C16H27NO4. The normalized spacial score (nSPS) is 9.48. The highest BCUT2D eigenvalue weighted by Gasteiger charge is 1.97. The number of rotatable bonds is 10. The van der Waals surface area contributed by atoms with Gasteiger partial charge in [0.05, 0.1) is 19.8 Å². The summed E-state index contributed by atoms with van der Waals surface area (Å²) in [5.41, 5.74) is 0. The van der Waals surface area contributed by atoms with Crippen LogP contribution in [0, 0.1) is 0 Å². The molecule has 1 amide bonds. The van der Waals surface area contributed by atoms with Gasteiger partial charge in [-0.3, -0.25) is 4.79 Å². The standard InChI is InChI=1S/C14H21NO4.C2H6/c1-15-14(16)12-18-11-10-17-8-5-9-19-13-6-3-2-4-7-13;1-2/h2-4,6-7H,5,8-12H2,1H3,(H,15,16);1-2H3. The average molecular weight is 297 g/mol. The van der Waals surface area contributed by atoms with E-state index in [-0.39, 0.29) is 12.5 Å². The predicted molar refractivity (Wildman–Crippen MR) is 83.6 cm³/mol. The summed E-state index contributed by atoms with van der Waals surface area (Å²) in [6, 6.07) is 9.68. The maximum Gasteiger partial charge on any atom is 0.245 e. The maximum absolute atomic E-state index is 10.8. The molecule has 0 radical (unpaired) electrons. The van der Waals surface area contributed by atoms with E-state index in [1.54, 1.807) is 7.05 Å². The second-order valence-corrected chi connectivity index (χ2v) is 3.85. The minimum absolute atomic E-state index is 0.0803. The van der Waals surface area contributed by atoms with E-state index in [2.05, 4.69) is 5.32 Å². The first-order valence-corrected chi connectivity index (χ1v) is 7.37. The van der Waals surface area contributed by atoms with Crippen LogP contribution in [0.2, 0.25) is 0 Å². The number of likely N-dealkylation sites (N-methyl/N-ethyl adjacent to an activating group) is 1. The van der Waals surface area contributed by atoms with Gasteiger partial charge >= 0.3 is 0 Å². The molecule has 120 valence electrons. The van der Waals surface area contributed by atoms with Crippen LogP contribution in [-0.2, 0) is 14.3 Å². The van der Waals surface area contributed by atoms with Crippen LogP contribution >= 0.6 is 0 Å². The second kappa shape index (κ2) is 14.8. The Morgan fingerprint density at radius 2 is 1.67 bits per heavy atom. The lowest BCUT2D eigenvalue weighted by molar-refractivity contribution is -0.125. The minimum Gasteiger partial charge on any atom is -0.494 e. The molecule has 1 aromatic rings. The SMILES string of the molecule is CC.CNC(=O)COCCOCCCOc1ccccc1. The lowest BCUT2D eigenvalue weighted by Gasteiger charge is -2.07. The first-order valence-electron chi connectivity index (χ1n) is 7.37. The van der Waals surface area contributed by atoms with Crippen LogP contribution in [0.25, 0.3) is 0 Å². The Morgan fingerprint density at radius 3 is 2.33 bits per heavy atom. The topological polar surface area (TPSA) is 56.8 Å². The van der Waals surface area contributed by atoms with E-state index < -0.39 is 0 Å². The van der Waals surface area contributed by atoms with E-state index in [0.29, 0.717) is 26.4 Å². The summed E-state index contributed by atoms with van der Waals surface area (Å²) < 4.78 is 16.0. The highest BCUT2D eigenvalue weighted by atomic mass is 16.5. The summed E-state index contributed by atoms with van der Waals surface area (Å²) in [4.78, 5) is 10.8. The number of ether oxygens (including phenoxy) is 3. The van der Waals surface area contributed by atoms with Crippen molar-refractivity contribution < 1.29 is 19.0 Å². The molecule has 1 aromatic carbocycles. The van der Waals surface area contributed by atoms with Crippen molar-refractivity contribution in [2.75, 3.05) is 40.1 Å². The van der Waals surface area contributed by atoms with Crippen LogP contribution in [0.15, 0.2) is 30.3 Å². The molecule has 0 spiro atoms. The molecule has 21 heavy (non-hydrogen) atoms. The predicted octanol–water partition coefficient (Wildman–Crippen LogP) is 2.26. The van der Waals surface area contributed by atoms with Crippen LogP contribution in [0.4, 0.5) is 0 Å². The number of amides is 1. The molecule has 0 bridgehead atoms. The van der Waals surface area contributed by atoms with Gasteiger partial charge in [0.15, 0.2) is 0 Å². The number of benzene rings is 1. The van der Waals surface area contributed by atoms with Gasteiger partial charge in [-0.1, -0.05) is 32.0 Å². The quantitative estimate of drug-likeness (QED) is 0.673. The molecule has 0 atom stereocenters. The van der Waals surface area contributed by atoms with Crippen LogP contribution in [0.3, 0.4) is 0 Å². The zero-order valence-corrected chi connectivity index (χ0v) is 13.3. The summed E-state index contributed by atoms with van der Waals surface area (Å²) in [5, 5.41) is 2.48. The molecule has 0 unspecified atom stereocenters. The third-order valence-corrected chi connectivity index (χ3v) is 2.33.